The van der Waals surface area contributed by atoms with Crippen molar-refractivity contribution in [2.24, 2.45) is 0 Å². The molecule has 3 aromatic heterocycles. The van der Waals surface area contributed by atoms with E-state index in [1.54, 1.807) is 24.5 Å². The highest BCUT2D eigenvalue weighted by Gasteiger charge is 2.12. The van der Waals surface area contributed by atoms with Crippen LogP contribution in [0.5, 0.6) is 0 Å². The average Bonchev–Trinajstić information content (AvgIpc) is 3.00. The third-order valence-electron chi connectivity index (χ3n) is 2.14. The van der Waals surface area contributed by atoms with Gasteiger partial charge in [0.2, 0.25) is 5.82 Å². The maximum atomic E-state index is 5.54. The van der Waals surface area contributed by atoms with Crippen molar-refractivity contribution in [1.82, 2.24) is 25.1 Å². The summed E-state index contributed by atoms with van der Waals surface area (Å²) in [6, 6.07) is 3.44. The van der Waals surface area contributed by atoms with Gasteiger partial charge < -0.3 is 15.2 Å². The van der Waals surface area contributed by atoms with Crippen molar-refractivity contribution in [2.75, 3.05) is 5.73 Å². The Morgan fingerprint density at radius 2 is 2.18 bits per heavy atom. The van der Waals surface area contributed by atoms with Gasteiger partial charge >= 0.3 is 0 Å². The van der Waals surface area contributed by atoms with Crippen molar-refractivity contribution in [3.05, 3.63) is 30.7 Å². The van der Waals surface area contributed by atoms with Gasteiger partial charge in [-0.05, 0) is 12.1 Å². The number of nitrogens with zero attached hydrogens (tertiary/aromatic N) is 4. The van der Waals surface area contributed by atoms with Crippen LogP contribution >= 0.6 is 0 Å². The van der Waals surface area contributed by atoms with Gasteiger partial charge in [0.25, 0.3) is 5.89 Å². The van der Waals surface area contributed by atoms with Gasteiger partial charge in [0, 0.05) is 12.4 Å². The van der Waals surface area contributed by atoms with E-state index in [1.807, 2.05) is 0 Å². The number of nitrogens with one attached hydrogen (secondary N) is 1. The van der Waals surface area contributed by atoms with E-state index in [1.165, 1.54) is 6.20 Å². The summed E-state index contributed by atoms with van der Waals surface area (Å²) in [5.74, 6) is 1.27. The lowest BCUT2D eigenvalue weighted by Crippen LogP contribution is -1.88. The Labute approximate surface area is 95.7 Å². The van der Waals surface area contributed by atoms with Crippen LogP contribution in [-0.2, 0) is 0 Å². The molecule has 3 heterocycles. The van der Waals surface area contributed by atoms with Gasteiger partial charge in [-0.1, -0.05) is 5.16 Å². The standard InChI is InChI=1S/C10H8N6O/c11-6-1-2-7(14-5-6)10-15-9(16-17-10)8-12-3-4-13-8/h1-5H,11H2,(H,12,13). The number of hydrogen-bond acceptors (Lipinski definition) is 6. The molecular weight excluding hydrogens is 220 g/mol. The molecule has 0 atom stereocenters. The van der Waals surface area contributed by atoms with Gasteiger partial charge in [-0.2, -0.15) is 4.98 Å². The van der Waals surface area contributed by atoms with Crippen LogP contribution in [0.4, 0.5) is 5.69 Å². The molecule has 17 heavy (non-hydrogen) atoms. The monoisotopic (exact) mass is 228 g/mol. The lowest BCUT2D eigenvalue weighted by atomic mass is 10.3. The summed E-state index contributed by atoms with van der Waals surface area (Å²) in [5, 5.41) is 3.81. The highest BCUT2D eigenvalue weighted by atomic mass is 16.5. The number of nitrogen functional groups attached to an aromatic ring is 1. The predicted molar refractivity (Wildman–Crippen MR) is 59.5 cm³/mol. The van der Waals surface area contributed by atoms with Crippen LogP contribution in [-0.4, -0.2) is 25.1 Å². The van der Waals surface area contributed by atoms with Crippen molar-refractivity contribution < 1.29 is 4.52 Å². The summed E-state index contributed by atoms with van der Waals surface area (Å²) in [5.41, 5.74) is 6.70. The summed E-state index contributed by atoms with van der Waals surface area (Å²) in [6.45, 7) is 0. The van der Waals surface area contributed by atoms with E-state index < -0.39 is 0 Å². The fraction of sp³-hybridized carbons (Fsp3) is 0. The molecule has 0 fully saturated rings. The fourth-order valence-corrected chi connectivity index (χ4v) is 1.34. The van der Waals surface area contributed by atoms with E-state index in [-0.39, 0.29) is 0 Å². The highest BCUT2D eigenvalue weighted by molar-refractivity contribution is 5.53. The normalized spacial score (nSPS) is 10.6. The van der Waals surface area contributed by atoms with Crippen LogP contribution in [0.15, 0.2) is 35.2 Å². The summed E-state index contributed by atoms with van der Waals surface area (Å²) in [7, 11) is 0. The maximum Gasteiger partial charge on any atom is 0.276 e. The molecule has 7 heteroatoms. The molecule has 0 aliphatic rings. The first kappa shape index (κ1) is 9.52. The molecule has 0 amide bonds. The van der Waals surface area contributed by atoms with E-state index >= 15 is 0 Å². The average molecular weight is 228 g/mol. The lowest BCUT2D eigenvalue weighted by molar-refractivity contribution is 0.430. The Balaban J connectivity index is 1.98. The number of aromatic nitrogens is 5. The van der Waals surface area contributed by atoms with E-state index in [0.717, 1.165) is 0 Å². The minimum Gasteiger partial charge on any atom is -0.397 e. The third kappa shape index (κ3) is 1.73. The van der Waals surface area contributed by atoms with Gasteiger partial charge in [-0.15, -0.1) is 0 Å². The number of H-pyrrole nitrogens is 1. The number of aromatic amines is 1. The lowest BCUT2D eigenvalue weighted by Gasteiger charge is -1.93. The molecule has 0 aromatic carbocycles. The molecule has 3 rings (SSSR count). The Bertz CT molecular complexity index is 613. The molecule has 3 N–H and O–H groups in total. The number of anilines is 1. The third-order valence-corrected chi connectivity index (χ3v) is 2.14. The fourth-order valence-electron chi connectivity index (χ4n) is 1.34. The number of imidazole rings is 1. The Kier molecular flexibility index (Phi) is 2.08. The minimum absolute atomic E-state index is 0.330. The molecule has 0 radical (unpaired) electrons. The van der Waals surface area contributed by atoms with Crippen LogP contribution < -0.4 is 5.73 Å². The van der Waals surface area contributed by atoms with Crippen molar-refractivity contribution in [3.8, 4) is 23.2 Å². The van der Waals surface area contributed by atoms with Gasteiger partial charge in [0.05, 0.1) is 11.9 Å². The van der Waals surface area contributed by atoms with Crippen molar-refractivity contribution >= 4 is 5.69 Å². The zero-order chi connectivity index (χ0) is 11.7. The molecule has 0 aliphatic carbocycles. The topological polar surface area (TPSA) is 107 Å². The molecule has 3 aromatic rings. The van der Waals surface area contributed by atoms with Gasteiger partial charge in [0.15, 0.2) is 5.82 Å². The molecule has 0 aliphatic heterocycles. The minimum atomic E-state index is 0.330. The summed E-state index contributed by atoms with van der Waals surface area (Å²) < 4.78 is 5.09. The van der Waals surface area contributed by atoms with Crippen LogP contribution in [0.1, 0.15) is 0 Å². The van der Waals surface area contributed by atoms with Crippen molar-refractivity contribution in [3.63, 3.8) is 0 Å². The predicted octanol–water partition coefficient (Wildman–Crippen LogP) is 1.10. The van der Waals surface area contributed by atoms with Crippen LogP contribution in [0.2, 0.25) is 0 Å². The van der Waals surface area contributed by atoms with Crippen LogP contribution in [0.25, 0.3) is 23.2 Å². The first-order chi connectivity index (χ1) is 8.33. The Morgan fingerprint density at radius 3 is 2.88 bits per heavy atom. The number of pyridine rings is 1. The maximum absolute atomic E-state index is 5.54. The molecular formula is C10H8N6O. The largest absolute Gasteiger partial charge is 0.397 e. The molecule has 84 valence electrons. The van der Waals surface area contributed by atoms with Gasteiger partial charge in [0.1, 0.15) is 5.69 Å². The molecule has 0 bridgehead atoms. The molecule has 0 saturated carbocycles. The number of rotatable bonds is 2. The number of hydrogen-bond donors (Lipinski definition) is 2. The quantitative estimate of drug-likeness (QED) is 0.680. The summed E-state index contributed by atoms with van der Waals surface area (Å²) in [4.78, 5) is 15.2. The molecule has 0 unspecified atom stereocenters. The zero-order valence-corrected chi connectivity index (χ0v) is 8.66. The molecule has 0 saturated heterocycles. The van der Waals surface area contributed by atoms with E-state index in [0.29, 0.717) is 28.9 Å². The molecule has 0 spiro atoms. The highest BCUT2D eigenvalue weighted by Crippen LogP contribution is 2.18. The Morgan fingerprint density at radius 1 is 1.24 bits per heavy atom. The van der Waals surface area contributed by atoms with Crippen molar-refractivity contribution in [1.29, 1.82) is 0 Å². The first-order valence-corrected chi connectivity index (χ1v) is 4.88. The van der Waals surface area contributed by atoms with Crippen molar-refractivity contribution in [2.45, 2.75) is 0 Å². The van der Waals surface area contributed by atoms with E-state index in [2.05, 4.69) is 25.1 Å². The zero-order valence-electron chi connectivity index (χ0n) is 8.66. The SMILES string of the molecule is Nc1ccc(-c2nc(-c3ncc[nH]3)no2)nc1. The number of nitrogens with two attached hydrogens (primary N) is 1. The van der Waals surface area contributed by atoms with Gasteiger partial charge in [-0.25, -0.2) is 9.97 Å². The summed E-state index contributed by atoms with van der Waals surface area (Å²) in [6.07, 6.45) is 4.84. The smallest absolute Gasteiger partial charge is 0.276 e. The second-order valence-corrected chi connectivity index (χ2v) is 3.34. The van der Waals surface area contributed by atoms with E-state index in [4.69, 9.17) is 10.3 Å². The Hall–Kier alpha value is -2.70. The van der Waals surface area contributed by atoms with Crippen LogP contribution in [0, 0.1) is 0 Å². The summed E-state index contributed by atoms with van der Waals surface area (Å²) >= 11 is 0. The first-order valence-electron chi connectivity index (χ1n) is 4.88. The molecule has 7 nitrogen and oxygen atoms in total. The second-order valence-electron chi connectivity index (χ2n) is 3.34. The second kappa shape index (κ2) is 3.71. The van der Waals surface area contributed by atoms with E-state index in [9.17, 15) is 0 Å². The van der Waals surface area contributed by atoms with Gasteiger partial charge in [-0.3, -0.25) is 0 Å². The van der Waals surface area contributed by atoms with Crippen LogP contribution in [0.3, 0.4) is 0 Å².